The first-order valence-corrected chi connectivity index (χ1v) is 8.12. The number of hydrogen-bond donors (Lipinski definition) is 0. The van der Waals surface area contributed by atoms with Crippen LogP contribution in [0.3, 0.4) is 0 Å². The summed E-state index contributed by atoms with van der Waals surface area (Å²) < 4.78 is 1.23. The van der Waals surface area contributed by atoms with Crippen molar-refractivity contribution in [3.63, 3.8) is 0 Å². The first-order valence-electron chi connectivity index (χ1n) is 7.30. The number of benzene rings is 1. The lowest BCUT2D eigenvalue weighted by molar-refractivity contribution is 0.0866. The summed E-state index contributed by atoms with van der Waals surface area (Å²) in [5.74, 6) is 1.42. The Morgan fingerprint density at radius 2 is 2.16 bits per heavy atom. The van der Waals surface area contributed by atoms with Crippen molar-refractivity contribution in [1.82, 2.24) is 0 Å². The lowest BCUT2D eigenvalue weighted by Crippen LogP contribution is -2.22. The monoisotopic (exact) mass is 272 g/mol. The molecule has 1 nitrogen and oxygen atoms in total. The van der Waals surface area contributed by atoms with Crippen LogP contribution in [0, 0.1) is 11.8 Å². The Morgan fingerprint density at radius 3 is 2.95 bits per heavy atom. The van der Waals surface area contributed by atoms with Gasteiger partial charge in [-0.1, -0.05) is 44.4 Å². The highest BCUT2D eigenvalue weighted by Gasteiger charge is 2.27. The second kappa shape index (κ2) is 5.46. The van der Waals surface area contributed by atoms with Gasteiger partial charge < -0.3 is 0 Å². The smallest absolute Gasteiger partial charge is 0.175 e. The highest BCUT2D eigenvalue weighted by Crippen LogP contribution is 2.35. The Bertz CT molecular complexity index is 551. The highest BCUT2D eigenvalue weighted by molar-refractivity contribution is 7.20. The Morgan fingerprint density at radius 1 is 1.32 bits per heavy atom. The quantitative estimate of drug-likeness (QED) is 0.693. The maximum absolute atomic E-state index is 12.6. The van der Waals surface area contributed by atoms with Gasteiger partial charge in [0.2, 0.25) is 0 Å². The molecule has 3 rings (SSSR count). The maximum atomic E-state index is 12.6. The molecule has 0 bridgehead atoms. The number of carbonyl (C=O) groups is 1. The van der Waals surface area contributed by atoms with Gasteiger partial charge in [-0.25, -0.2) is 0 Å². The second-order valence-electron chi connectivity index (χ2n) is 5.65. The number of thiophene rings is 1. The van der Waals surface area contributed by atoms with Gasteiger partial charge in [0.1, 0.15) is 0 Å². The molecule has 1 aliphatic rings. The minimum atomic E-state index is 0.270. The van der Waals surface area contributed by atoms with Crippen molar-refractivity contribution in [3.05, 3.63) is 35.2 Å². The van der Waals surface area contributed by atoms with E-state index in [1.165, 1.54) is 29.3 Å². The zero-order valence-electron chi connectivity index (χ0n) is 11.4. The van der Waals surface area contributed by atoms with Gasteiger partial charge in [-0.05, 0) is 36.3 Å². The van der Waals surface area contributed by atoms with E-state index in [0.717, 1.165) is 23.6 Å². The summed E-state index contributed by atoms with van der Waals surface area (Å²) in [6.07, 6.45) is 5.94. The van der Waals surface area contributed by atoms with Gasteiger partial charge in [0, 0.05) is 10.6 Å². The van der Waals surface area contributed by atoms with E-state index in [2.05, 4.69) is 25.1 Å². The van der Waals surface area contributed by atoms with Crippen LogP contribution in [0.2, 0.25) is 0 Å². The van der Waals surface area contributed by atoms with E-state index < -0.39 is 0 Å². The van der Waals surface area contributed by atoms with Crippen molar-refractivity contribution >= 4 is 27.2 Å². The molecule has 2 unspecified atom stereocenters. The fourth-order valence-electron chi connectivity index (χ4n) is 3.20. The third-order valence-electron chi connectivity index (χ3n) is 4.40. The van der Waals surface area contributed by atoms with Crippen molar-refractivity contribution in [2.24, 2.45) is 11.8 Å². The maximum Gasteiger partial charge on any atom is 0.175 e. The molecule has 1 aromatic heterocycles. The minimum Gasteiger partial charge on any atom is -0.293 e. The molecular formula is C17H20OS. The van der Waals surface area contributed by atoms with E-state index >= 15 is 0 Å². The fraction of sp³-hybridized carbons (Fsp3) is 0.471. The van der Waals surface area contributed by atoms with E-state index in [9.17, 15) is 4.79 Å². The van der Waals surface area contributed by atoms with Crippen LogP contribution in [0.4, 0.5) is 0 Å². The third kappa shape index (κ3) is 2.59. The average molecular weight is 272 g/mol. The molecule has 1 heterocycles. The normalized spacial score (nSPS) is 23.6. The molecule has 19 heavy (non-hydrogen) atoms. The van der Waals surface area contributed by atoms with Gasteiger partial charge in [-0.15, -0.1) is 11.3 Å². The van der Waals surface area contributed by atoms with Gasteiger partial charge in [0.25, 0.3) is 0 Å². The summed E-state index contributed by atoms with van der Waals surface area (Å²) in [4.78, 5) is 13.6. The van der Waals surface area contributed by atoms with E-state index in [1.807, 2.05) is 12.1 Å². The second-order valence-corrected chi connectivity index (χ2v) is 6.73. The number of ketones is 1. The number of rotatable bonds is 3. The van der Waals surface area contributed by atoms with Crippen LogP contribution in [0.1, 0.15) is 48.7 Å². The Kier molecular flexibility index (Phi) is 3.69. The van der Waals surface area contributed by atoms with Gasteiger partial charge in [0.05, 0.1) is 4.88 Å². The molecule has 1 fully saturated rings. The molecule has 0 saturated heterocycles. The van der Waals surface area contributed by atoms with Crippen LogP contribution in [0.15, 0.2) is 30.3 Å². The topological polar surface area (TPSA) is 17.1 Å². The highest BCUT2D eigenvalue weighted by atomic mass is 32.1. The number of fused-ring (bicyclic) bond motifs is 1. The van der Waals surface area contributed by atoms with Crippen molar-refractivity contribution in [2.45, 2.75) is 39.0 Å². The van der Waals surface area contributed by atoms with Gasteiger partial charge in [0.15, 0.2) is 5.78 Å². The first-order chi connectivity index (χ1) is 9.28. The van der Waals surface area contributed by atoms with E-state index in [0.29, 0.717) is 5.78 Å². The summed E-state index contributed by atoms with van der Waals surface area (Å²) in [5.41, 5.74) is 0. The third-order valence-corrected chi connectivity index (χ3v) is 5.53. The molecule has 0 aliphatic heterocycles. The summed E-state index contributed by atoms with van der Waals surface area (Å²) in [5, 5.41) is 1.21. The molecule has 2 aromatic rings. The van der Waals surface area contributed by atoms with Crippen molar-refractivity contribution in [3.8, 4) is 0 Å². The van der Waals surface area contributed by atoms with Crippen LogP contribution in [0.5, 0.6) is 0 Å². The molecule has 100 valence electrons. The summed E-state index contributed by atoms with van der Waals surface area (Å²) in [6.45, 7) is 2.25. The number of Topliss-reactive ketones (excluding diaryl/α,β-unsaturated/α-hetero) is 1. The number of carbonyl (C=O) groups excluding carboxylic acids is 1. The molecule has 0 amide bonds. The Balaban J connectivity index is 1.82. The Hall–Kier alpha value is -1.15. The minimum absolute atomic E-state index is 0.270. The molecule has 2 atom stereocenters. The molecule has 1 saturated carbocycles. The summed E-state index contributed by atoms with van der Waals surface area (Å²) in [7, 11) is 0. The van der Waals surface area contributed by atoms with Crippen LogP contribution >= 0.6 is 11.3 Å². The van der Waals surface area contributed by atoms with Crippen LogP contribution in [-0.2, 0) is 0 Å². The average Bonchev–Trinajstić information content (AvgIpc) is 2.90. The lowest BCUT2D eigenvalue weighted by Gasteiger charge is -2.27. The van der Waals surface area contributed by atoms with Crippen LogP contribution < -0.4 is 0 Å². The molecule has 1 aromatic carbocycles. The van der Waals surface area contributed by atoms with Crippen molar-refractivity contribution in [1.29, 1.82) is 0 Å². The van der Waals surface area contributed by atoms with Crippen molar-refractivity contribution < 1.29 is 4.79 Å². The Labute approximate surface area is 118 Å². The molecule has 0 spiro atoms. The molecule has 1 aliphatic carbocycles. The summed E-state index contributed by atoms with van der Waals surface area (Å²) in [6, 6.07) is 10.4. The number of hydrogen-bond acceptors (Lipinski definition) is 2. The predicted molar refractivity (Wildman–Crippen MR) is 81.9 cm³/mol. The summed E-state index contributed by atoms with van der Waals surface area (Å²) >= 11 is 1.66. The van der Waals surface area contributed by atoms with E-state index in [1.54, 1.807) is 11.3 Å². The largest absolute Gasteiger partial charge is 0.293 e. The fourth-order valence-corrected chi connectivity index (χ4v) is 4.29. The lowest BCUT2D eigenvalue weighted by atomic mass is 9.78. The first kappa shape index (κ1) is 12.9. The standard InChI is InChI=1S/C17H20OS/c1-2-12-6-5-8-14(10-12)17(18)16-11-13-7-3-4-9-15(13)19-16/h3-4,7,9,11-12,14H,2,5-6,8,10H2,1H3. The zero-order valence-corrected chi connectivity index (χ0v) is 12.2. The SMILES string of the molecule is CCC1CCCC(C(=O)c2cc3ccccc3s2)C1. The van der Waals surface area contributed by atoms with Crippen LogP contribution in [0.25, 0.3) is 10.1 Å². The van der Waals surface area contributed by atoms with Gasteiger partial charge >= 0.3 is 0 Å². The van der Waals surface area contributed by atoms with Crippen molar-refractivity contribution in [2.75, 3.05) is 0 Å². The predicted octanol–water partition coefficient (Wildman–Crippen LogP) is 5.30. The van der Waals surface area contributed by atoms with Crippen LogP contribution in [-0.4, -0.2) is 5.78 Å². The zero-order chi connectivity index (χ0) is 13.2. The van der Waals surface area contributed by atoms with E-state index in [-0.39, 0.29) is 5.92 Å². The van der Waals surface area contributed by atoms with Gasteiger partial charge in [-0.3, -0.25) is 4.79 Å². The van der Waals surface area contributed by atoms with Gasteiger partial charge in [-0.2, -0.15) is 0 Å². The molecule has 2 heteroatoms. The molecular weight excluding hydrogens is 252 g/mol. The molecule has 0 N–H and O–H groups in total. The van der Waals surface area contributed by atoms with E-state index in [4.69, 9.17) is 0 Å². The molecule has 0 radical (unpaired) electrons.